The van der Waals surface area contributed by atoms with Crippen molar-refractivity contribution >= 4 is 11.9 Å². The molecule has 1 amide bonds. The molecule has 0 bridgehead atoms. The lowest BCUT2D eigenvalue weighted by atomic mass is 10.0. The van der Waals surface area contributed by atoms with Gasteiger partial charge in [-0.05, 0) is 36.8 Å². The Labute approximate surface area is 201 Å². The van der Waals surface area contributed by atoms with Gasteiger partial charge in [0, 0.05) is 18.1 Å². The summed E-state index contributed by atoms with van der Waals surface area (Å²) in [6, 6.07) is 17.1. The fraction of sp³-hybridized carbons (Fsp3) is 0.192. The predicted molar refractivity (Wildman–Crippen MR) is 128 cm³/mol. The highest BCUT2D eigenvalue weighted by Gasteiger charge is 2.21. The largest absolute Gasteiger partial charge is 0.494 e. The number of aryl methyl sites for hydroxylation is 2. The van der Waals surface area contributed by atoms with Crippen molar-refractivity contribution in [2.45, 2.75) is 26.3 Å². The first-order chi connectivity index (χ1) is 16.8. The second-order valence-corrected chi connectivity index (χ2v) is 7.99. The maximum absolute atomic E-state index is 13.1. The zero-order chi connectivity index (χ0) is 24.9. The van der Waals surface area contributed by atoms with Crippen LogP contribution >= 0.6 is 0 Å². The van der Waals surface area contributed by atoms with Crippen molar-refractivity contribution in [1.82, 2.24) is 20.5 Å². The molecule has 0 spiro atoms. The number of rotatable bonds is 8. The molecule has 9 heteroatoms. The molecule has 0 aliphatic carbocycles. The third-order valence-corrected chi connectivity index (χ3v) is 5.38. The van der Waals surface area contributed by atoms with Crippen LogP contribution in [-0.4, -0.2) is 39.3 Å². The highest BCUT2D eigenvalue weighted by Crippen LogP contribution is 2.31. The van der Waals surface area contributed by atoms with Gasteiger partial charge >= 0.3 is 5.97 Å². The fourth-order valence-corrected chi connectivity index (χ4v) is 3.61. The van der Waals surface area contributed by atoms with E-state index in [0.717, 1.165) is 5.56 Å². The summed E-state index contributed by atoms with van der Waals surface area (Å²) in [5.41, 5.74) is 3.69. The summed E-state index contributed by atoms with van der Waals surface area (Å²) in [7, 11) is 1.52. The van der Waals surface area contributed by atoms with Gasteiger partial charge in [0.2, 0.25) is 11.8 Å². The molecule has 9 nitrogen and oxygen atoms in total. The maximum Gasteiger partial charge on any atom is 0.305 e. The lowest BCUT2D eigenvalue weighted by Crippen LogP contribution is -2.30. The van der Waals surface area contributed by atoms with Crippen molar-refractivity contribution < 1.29 is 23.8 Å². The summed E-state index contributed by atoms with van der Waals surface area (Å²) in [5, 5.41) is 20.1. The number of benzene rings is 2. The standard InChI is InChI=1S/C26H24N4O5/c1-15-7-9-17(10-8-15)21(14-23(31)32)28-25(33)20-11-12-22(34-3)24(27-20)18-5-4-6-19(13-18)26-30-29-16(2)35-26/h4-13,21H,14H2,1-3H3,(H,28,33)(H,31,32)/t21-/m0/s1. The van der Waals surface area contributed by atoms with Crippen molar-refractivity contribution in [3.63, 3.8) is 0 Å². The Bertz CT molecular complexity index is 1360. The molecule has 35 heavy (non-hydrogen) atoms. The molecular formula is C26H24N4O5. The number of amides is 1. The van der Waals surface area contributed by atoms with Gasteiger partial charge in [0.15, 0.2) is 0 Å². The van der Waals surface area contributed by atoms with Crippen LogP contribution in [0.3, 0.4) is 0 Å². The predicted octanol–water partition coefficient (Wildman–Crippen LogP) is 4.37. The van der Waals surface area contributed by atoms with E-state index in [1.54, 1.807) is 25.1 Å². The number of nitrogens with one attached hydrogen (secondary N) is 1. The smallest absolute Gasteiger partial charge is 0.305 e. The molecule has 0 saturated heterocycles. The SMILES string of the molecule is COc1ccc(C(=O)N[C@@H](CC(=O)O)c2ccc(C)cc2)nc1-c1cccc(-c2nnc(C)o2)c1. The van der Waals surface area contributed by atoms with Crippen LogP contribution in [0.15, 0.2) is 65.1 Å². The molecule has 2 aromatic heterocycles. The average Bonchev–Trinajstić information content (AvgIpc) is 3.29. The van der Waals surface area contributed by atoms with Gasteiger partial charge in [0.1, 0.15) is 17.1 Å². The molecule has 2 heterocycles. The van der Waals surface area contributed by atoms with E-state index in [1.807, 2.05) is 43.3 Å². The minimum absolute atomic E-state index is 0.127. The minimum Gasteiger partial charge on any atom is -0.494 e. The van der Waals surface area contributed by atoms with Gasteiger partial charge in [-0.25, -0.2) is 4.98 Å². The normalized spacial score (nSPS) is 11.6. The quantitative estimate of drug-likeness (QED) is 0.387. The number of carbonyl (C=O) groups excluding carboxylic acids is 1. The summed E-state index contributed by atoms with van der Waals surface area (Å²) in [6.45, 7) is 3.65. The van der Waals surface area contributed by atoms with Crippen LogP contribution in [0.5, 0.6) is 5.75 Å². The van der Waals surface area contributed by atoms with Gasteiger partial charge < -0.3 is 19.6 Å². The molecule has 1 atom stereocenters. The van der Waals surface area contributed by atoms with Gasteiger partial charge in [-0.2, -0.15) is 0 Å². The van der Waals surface area contributed by atoms with Gasteiger partial charge in [-0.3, -0.25) is 9.59 Å². The molecular weight excluding hydrogens is 448 g/mol. The van der Waals surface area contributed by atoms with Gasteiger partial charge in [-0.1, -0.05) is 42.0 Å². The molecule has 0 unspecified atom stereocenters. The number of hydrogen-bond acceptors (Lipinski definition) is 7. The van der Waals surface area contributed by atoms with Crippen molar-refractivity contribution in [2.75, 3.05) is 7.11 Å². The second kappa shape index (κ2) is 10.2. The molecule has 178 valence electrons. The van der Waals surface area contributed by atoms with Crippen LogP contribution in [0.25, 0.3) is 22.7 Å². The third kappa shape index (κ3) is 5.52. The van der Waals surface area contributed by atoms with Gasteiger partial charge in [0.05, 0.1) is 19.6 Å². The number of nitrogens with zero attached hydrogens (tertiary/aromatic N) is 3. The number of aliphatic carboxylic acids is 1. The average molecular weight is 473 g/mol. The number of aromatic nitrogens is 3. The van der Waals surface area contributed by atoms with E-state index in [0.29, 0.717) is 39.9 Å². The fourth-order valence-electron chi connectivity index (χ4n) is 3.61. The van der Waals surface area contributed by atoms with E-state index in [-0.39, 0.29) is 12.1 Å². The van der Waals surface area contributed by atoms with E-state index in [9.17, 15) is 14.7 Å². The summed E-state index contributed by atoms with van der Waals surface area (Å²) < 4.78 is 11.0. The first-order valence-corrected chi connectivity index (χ1v) is 10.9. The van der Waals surface area contributed by atoms with Crippen molar-refractivity contribution in [3.05, 3.63) is 83.4 Å². The molecule has 0 aliphatic rings. The molecule has 0 aliphatic heterocycles. The minimum atomic E-state index is -1.02. The summed E-state index contributed by atoms with van der Waals surface area (Å²) >= 11 is 0. The molecule has 0 saturated carbocycles. The Morgan fingerprint density at radius 3 is 2.43 bits per heavy atom. The molecule has 4 aromatic rings. The Kier molecular flexibility index (Phi) is 6.86. The lowest BCUT2D eigenvalue weighted by Gasteiger charge is -2.18. The number of carboxylic acid groups (broad SMARTS) is 1. The number of carboxylic acids is 1. The third-order valence-electron chi connectivity index (χ3n) is 5.38. The van der Waals surface area contributed by atoms with Crippen LogP contribution < -0.4 is 10.1 Å². The topological polar surface area (TPSA) is 127 Å². The van der Waals surface area contributed by atoms with Crippen LogP contribution in [0.1, 0.15) is 40.0 Å². The molecule has 4 rings (SSSR count). The van der Waals surface area contributed by atoms with Crippen LogP contribution in [0, 0.1) is 13.8 Å². The Morgan fingerprint density at radius 1 is 1.03 bits per heavy atom. The van der Waals surface area contributed by atoms with Crippen molar-refractivity contribution in [3.8, 4) is 28.5 Å². The zero-order valence-corrected chi connectivity index (χ0v) is 19.5. The van der Waals surface area contributed by atoms with Gasteiger partial charge in [0.25, 0.3) is 5.91 Å². The van der Waals surface area contributed by atoms with Crippen molar-refractivity contribution in [1.29, 1.82) is 0 Å². The Morgan fingerprint density at radius 2 is 1.77 bits per heavy atom. The Balaban J connectivity index is 1.65. The summed E-state index contributed by atoms with van der Waals surface area (Å²) in [6.07, 6.45) is -0.260. The second-order valence-electron chi connectivity index (χ2n) is 7.99. The van der Waals surface area contributed by atoms with E-state index in [1.165, 1.54) is 13.2 Å². The highest BCUT2D eigenvalue weighted by atomic mass is 16.5. The molecule has 2 aromatic carbocycles. The Hall–Kier alpha value is -4.53. The zero-order valence-electron chi connectivity index (χ0n) is 19.5. The monoisotopic (exact) mass is 472 g/mol. The molecule has 2 N–H and O–H groups in total. The van der Waals surface area contributed by atoms with Crippen LogP contribution in [0.2, 0.25) is 0 Å². The number of carbonyl (C=O) groups is 2. The number of pyridine rings is 1. The van der Waals surface area contributed by atoms with E-state index < -0.39 is 17.9 Å². The van der Waals surface area contributed by atoms with E-state index >= 15 is 0 Å². The number of ether oxygens (including phenoxy) is 1. The van der Waals surface area contributed by atoms with Gasteiger partial charge in [-0.15, -0.1) is 10.2 Å². The van der Waals surface area contributed by atoms with Crippen LogP contribution in [-0.2, 0) is 4.79 Å². The lowest BCUT2D eigenvalue weighted by molar-refractivity contribution is -0.137. The summed E-state index contributed by atoms with van der Waals surface area (Å²) in [5.74, 6) is -0.228. The first kappa shape index (κ1) is 23.6. The highest BCUT2D eigenvalue weighted by molar-refractivity contribution is 5.94. The number of hydrogen-bond donors (Lipinski definition) is 2. The van der Waals surface area contributed by atoms with E-state index in [4.69, 9.17) is 9.15 Å². The summed E-state index contributed by atoms with van der Waals surface area (Å²) in [4.78, 5) is 29.1. The first-order valence-electron chi connectivity index (χ1n) is 10.9. The van der Waals surface area contributed by atoms with E-state index in [2.05, 4.69) is 20.5 Å². The van der Waals surface area contributed by atoms with Crippen LogP contribution in [0.4, 0.5) is 0 Å². The molecule has 0 radical (unpaired) electrons. The number of methoxy groups -OCH3 is 1. The maximum atomic E-state index is 13.1. The molecule has 0 fully saturated rings. The van der Waals surface area contributed by atoms with Crippen molar-refractivity contribution in [2.24, 2.45) is 0 Å².